The van der Waals surface area contributed by atoms with Crippen LogP contribution in [-0.2, 0) is 14.2 Å². The molecule has 8 nitrogen and oxygen atoms in total. The van der Waals surface area contributed by atoms with Gasteiger partial charge in [-0.05, 0) is 7.05 Å². The van der Waals surface area contributed by atoms with E-state index in [0.29, 0.717) is 0 Å². The first kappa shape index (κ1) is 15.6. The number of nitro benzene ring substituents is 1. The first-order valence-corrected chi connectivity index (χ1v) is 5.68. The fourth-order valence-corrected chi connectivity index (χ4v) is 1.52. The van der Waals surface area contributed by atoms with Crippen LogP contribution in [0.4, 0.5) is 5.69 Å². The van der Waals surface area contributed by atoms with Crippen LogP contribution in [0.3, 0.4) is 0 Å². The average molecular weight is 280 g/mol. The van der Waals surface area contributed by atoms with Crippen molar-refractivity contribution in [2.75, 3.05) is 20.1 Å². The number of hydrogen-bond acceptors (Lipinski definition) is 6. The van der Waals surface area contributed by atoms with Crippen LogP contribution in [0.2, 0.25) is 0 Å². The largest absolute Gasteiger partial charge is 0.533 e. The molecule has 0 spiro atoms. The Morgan fingerprint density at radius 2 is 2.05 bits per heavy atom. The van der Waals surface area contributed by atoms with Crippen molar-refractivity contribution in [3.8, 4) is 0 Å². The smallest absolute Gasteiger partial charge is 0.384 e. The molecule has 0 aliphatic heterocycles. The number of aliphatic carboxylic acids is 1. The van der Waals surface area contributed by atoms with E-state index >= 15 is 0 Å². The Morgan fingerprint density at radius 1 is 1.40 bits per heavy atom. The molecule has 0 saturated carbocycles. The van der Waals surface area contributed by atoms with Crippen molar-refractivity contribution in [2.45, 2.75) is 0 Å². The molecular weight excluding hydrogens is 267 g/mol. The Bertz CT molecular complexity index is 521. The number of hydrogen-bond donors (Lipinski definition) is 1. The molecule has 20 heavy (non-hydrogen) atoms. The Morgan fingerprint density at radius 3 is 2.65 bits per heavy atom. The number of para-hydroxylation sites is 1. The molecule has 0 radical (unpaired) electrons. The first-order chi connectivity index (χ1) is 9.40. The SMILES string of the molecule is CN(CC(=O)O)CC(=O)OBc1ccccc1[N+](=O)[O-]. The molecule has 0 unspecified atom stereocenters. The van der Waals surface area contributed by atoms with Crippen molar-refractivity contribution in [1.82, 2.24) is 4.90 Å². The van der Waals surface area contributed by atoms with Crippen LogP contribution in [0.1, 0.15) is 0 Å². The highest BCUT2D eigenvalue weighted by atomic mass is 16.6. The van der Waals surface area contributed by atoms with Gasteiger partial charge in [0, 0.05) is 11.5 Å². The number of likely N-dealkylation sites (N-methyl/N-ethyl adjacent to an activating group) is 1. The highest BCUT2D eigenvalue weighted by molar-refractivity contribution is 6.50. The van der Waals surface area contributed by atoms with Crippen LogP contribution in [0.5, 0.6) is 0 Å². The number of carboxylic acid groups (broad SMARTS) is 1. The van der Waals surface area contributed by atoms with Gasteiger partial charge in [0.2, 0.25) is 0 Å². The van der Waals surface area contributed by atoms with E-state index < -0.39 is 16.9 Å². The predicted molar refractivity (Wildman–Crippen MR) is 71.1 cm³/mol. The maximum atomic E-state index is 11.5. The number of benzene rings is 1. The number of carbonyl (C=O) groups is 2. The zero-order chi connectivity index (χ0) is 15.1. The summed E-state index contributed by atoms with van der Waals surface area (Å²) >= 11 is 0. The van der Waals surface area contributed by atoms with Crippen LogP contribution < -0.4 is 5.46 Å². The minimum atomic E-state index is -1.06. The van der Waals surface area contributed by atoms with Gasteiger partial charge < -0.3 is 9.76 Å². The maximum absolute atomic E-state index is 11.5. The van der Waals surface area contributed by atoms with Crippen molar-refractivity contribution in [1.29, 1.82) is 0 Å². The Kier molecular flexibility index (Phi) is 5.66. The van der Waals surface area contributed by atoms with Gasteiger partial charge in [0.25, 0.3) is 5.69 Å². The number of nitro groups is 1. The number of carboxylic acids is 1. The lowest BCUT2D eigenvalue weighted by molar-refractivity contribution is -0.383. The third-order valence-corrected chi connectivity index (χ3v) is 2.38. The second-order valence-corrected chi connectivity index (χ2v) is 4.11. The zero-order valence-electron chi connectivity index (χ0n) is 10.8. The predicted octanol–water partition coefficient (Wildman–Crippen LogP) is -0.869. The molecule has 0 bridgehead atoms. The summed E-state index contributed by atoms with van der Waals surface area (Å²) < 4.78 is 4.89. The fraction of sp³-hybridized carbons (Fsp3) is 0.273. The molecule has 0 aliphatic rings. The molecule has 1 aromatic carbocycles. The summed E-state index contributed by atoms with van der Waals surface area (Å²) in [5.41, 5.74) is 0.158. The van der Waals surface area contributed by atoms with E-state index in [2.05, 4.69) is 0 Å². The monoisotopic (exact) mass is 280 g/mol. The summed E-state index contributed by atoms with van der Waals surface area (Å²) in [6.45, 7) is -0.493. The van der Waals surface area contributed by atoms with Gasteiger partial charge in [0.05, 0.1) is 18.0 Å². The first-order valence-electron chi connectivity index (χ1n) is 5.68. The van der Waals surface area contributed by atoms with Crippen molar-refractivity contribution < 1.29 is 24.3 Å². The lowest BCUT2D eigenvalue weighted by atomic mass is 9.86. The molecule has 0 aliphatic carbocycles. The van der Waals surface area contributed by atoms with Gasteiger partial charge in [-0.15, -0.1) is 0 Å². The number of nitrogens with zero attached hydrogens (tertiary/aromatic N) is 2. The summed E-state index contributed by atoms with van der Waals surface area (Å²) in [5, 5.41) is 19.3. The quantitative estimate of drug-likeness (QED) is 0.392. The maximum Gasteiger partial charge on any atom is 0.384 e. The molecule has 0 heterocycles. The normalized spacial score (nSPS) is 10.1. The van der Waals surface area contributed by atoms with E-state index in [1.54, 1.807) is 6.07 Å². The van der Waals surface area contributed by atoms with Crippen molar-refractivity contribution in [2.24, 2.45) is 0 Å². The van der Waals surface area contributed by atoms with Gasteiger partial charge in [0.15, 0.2) is 0 Å². The van der Waals surface area contributed by atoms with Gasteiger partial charge in [-0.25, -0.2) is 0 Å². The van der Waals surface area contributed by atoms with E-state index in [1.807, 2.05) is 0 Å². The summed E-state index contributed by atoms with van der Waals surface area (Å²) in [4.78, 5) is 33.4. The van der Waals surface area contributed by atoms with Crippen molar-refractivity contribution in [3.05, 3.63) is 34.4 Å². The van der Waals surface area contributed by atoms with Gasteiger partial charge >= 0.3 is 19.4 Å². The molecule has 0 fully saturated rings. The lowest BCUT2D eigenvalue weighted by Crippen LogP contribution is -2.34. The van der Waals surface area contributed by atoms with Crippen LogP contribution in [0, 0.1) is 10.1 Å². The molecule has 1 rings (SSSR count). The van der Waals surface area contributed by atoms with Crippen LogP contribution in [0.15, 0.2) is 24.3 Å². The fourth-order valence-electron chi connectivity index (χ4n) is 1.52. The summed E-state index contributed by atoms with van der Waals surface area (Å²) in [6.07, 6.45) is 0. The molecule has 0 amide bonds. The molecular formula is C11H13BN2O6. The Hall–Kier alpha value is -2.42. The average Bonchev–Trinajstić information content (AvgIpc) is 2.35. The van der Waals surface area contributed by atoms with Crippen molar-refractivity contribution in [3.63, 3.8) is 0 Å². The molecule has 106 valence electrons. The number of carbonyl (C=O) groups excluding carboxylic acids is 1. The zero-order valence-corrected chi connectivity index (χ0v) is 10.8. The molecule has 1 N–H and O–H groups in total. The van der Waals surface area contributed by atoms with E-state index in [4.69, 9.17) is 9.76 Å². The van der Waals surface area contributed by atoms with Crippen LogP contribution in [-0.4, -0.2) is 54.5 Å². The third-order valence-electron chi connectivity index (χ3n) is 2.38. The molecule has 0 atom stereocenters. The van der Waals surface area contributed by atoms with E-state index in [0.717, 1.165) is 0 Å². The number of rotatable bonds is 7. The van der Waals surface area contributed by atoms with E-state index in [9.17, 15) is 19.7 Å². The summed E-state index contributed by atoms with van der Waals surface area (Å²) in [7, 11) is 1.23. The topological polar surface area (TPSA) is 110 Å². The van der Waals surface area contributed by atoms with Gasteiger partial charge in [-0.2, -0.15) is 0 Å². The van der Waals surface area contributed by atoms with Crippen molar-refractivity contribution >= 4 is 30.6 Å². The van der Waals surface area contributed by atoms with Gasteiger partial charge in [0.1, 0.15) is 0 Å². The summed E-state index contributed by atoms with van der Waals surface area (Å²) in [5.74, 6) is -1.70. The molecule has 1 aromatic rings. The lowest BCUT2D eigenvalue weighted by Gasteiger charge is -2.12. The second-order valence-electron chi connectivity index (χ2n) is 4.11. The molecule has 9 heteroatoms. The Balaban J connectivity index is 2.53. The summed E-state index contributed by atoms with van der Waals surface area (Å²) in [6, 6.07) is 5.93. The standard InChI is InChI=1S/C11H13BN2O6/c1-13(6-10(15)16)7-11(17)20-12-8-4-2-3-5-9(8)14(18)19/h2-5,12H,6-7H2,1H3,(H,15,16). The highest BCUT2D eigenvalue weighted by Gasteiger charge is 2.17. The van der Waals surface area contributed by atoms with Gasteiger partial charge in [-0.3, -0.25) is 24.6 Å². The van der Waals surface area contributed by atoms with E-state index in [-0.39, 0.29) is 31.7 Å². The van der Waals surface area contributed by atoms with Gasteiger partial charge in [-0.1, -0.05) is 18.2 Å². The van der Waals surface area contributed by atoms with E-state index in [1.165, 1.54) is 30.1 Å². The third kappa shape index (κ3) is 5.06. The van der Waals surface area contributed by atoms with Crippen LogP contribution in [0.25, 0.3) is 0 Å². The van der Waals surface area contributed by atoms with Crippen LogP contribution >= 0.6 is 0 Å². The minimum Gasteiger partial charge on any atom is -0.533 e. The Labute approximate surface area is 115 Å². The molecule has 0 aromatic heterocycles. The minimum absolute atomic E-state index is 0.126. The highest BCUT2D eigenvalue weighted by Crippen LogP contribution is 2.05. The second kappa shape index (κ2) is 7.24. The molecule has 0 saturated heterocycles.